The molecule has 1 aliphatic carbocycles. The van der Waals surface area contributed by atoms with Gasteiger partial charge in [-0.1, -0.05) is 0 Å². The molecular weight excluding hydrogens is 219 g/mol. The van der Waals surface area contributed by atoms with Crippen molar-refractivity contribution in [3.63, 3.8) is 0 Å². The summed E-state index contributed by atoms with van der Waals surface area (Å²) < 4.78 is 37.8. The first kappa shape index (κ1) is 10.4. The number of nitrogens with zero attached hydrogens (tertiary/aromatic N) is 1. The van der Waals surface area contributed by atoms with Gasteiger partial charge in [-0.25, -0.2) is 13.4 Å². The Morgan fingerprint density at radius 2 is 2.20 bits per heavy atom. The van der Waals surface area contributed by atoms with Gasteiger partial charge in [0.05, 0.1) is 17.6 Å². The van der Waals surface area contributed by atoms with E-state index in [1.807, 2.05) is 0 Å². The number of sulfonamides is 1. The number of hydrogen-bond donors (Lipinski definition) is 1. The third-order valence-corrected chi connectivity index (χ3v) is 3.61. The summed E-state index contributed by atoms with van der Waals surface area (Å²) in [6.07, 6.45) is 3.12. The van der Waals surface area contributed by atoms with Crippen LogP contribution in [0.4, 0.5) is 10.1 Å². The standard InChI is InChI=1S/C9H11FN2O2S/c10-9-4-3-8(5-11-9)12-15(13,14)6-7-1-2-7/h3-5,7,12H,1-2,6H2. The van der Waals surface area contributed by atoms with E-state index >= 15 is 0 Å². The van der Waals surface area contributed by atoms with Crippen molar-refractivity contribution in [2.45, 2.75) is 12.8 Å². The Balaban J connectivity index is 2.03. The first-order chi connectivity index (χ1) is 7.05. The van der Waals surface area contributed by atoms with E-state index in [9.17, 15) is 12.8 Å². The van der Waals surface area contributed by atoms with E-state index in [2.05, 4.69) is 9.71 Å². The van der Waals surface area contributed by atoms with Crippen LogP contribution < -0.4 is 4.72 Å². The predicted octanol–water partition coefficient (Wildman–Crippen LogP) is 1.37. The molecule has 1 aliphatic rings. The first-order valence-corrected chi connectivity index (χ1v) is 6.32. The van der Waals surface area contributed by atoms with Crippen molar-refractivity contribution < 1.29 is 12.8 Å². The fourth-order valence-corrected chi connectivity index (χ4v) is 2.77. The highest BCUT2D eigenvalue weighted by Crippen LogP contribution is 2.30. The van der Waals surface area contributed by atoms with Crippen molar-refractivity contribution >= 4 is 15.7 Å². The average molecular weight is 230 g/mol. The summed E-state index contributed by atoms with van der Waals surface area (Å²) in [6.45, 7) is 0. The van der Waals surface area contributed by atoms with Crippen LogP contribution in [0.2, 0.25) is 0 Å². The van der Waals surface area contributed by atoms with Crippen molar-refractivity contribution in [1.29, 1.82) is 0 Å². The van der Waals surface area contributed by atoms with E-state index in [1.165, 1.54) is 12.3 Å². The summed E-state index contributed by atoms with van der Waals surface area (Å²) in [5.41, 5.74) is 0.303. The lowest BCUT2D eigenvalue weighted by Crippen LogP contribution is -2.17. The molecule has 0 spiro atoms. The summed E-state index contributed by atoms with van der Waals surface area (Å²) in [4.78, 5) is 3.36. The molecule has 1 N–H and O–H groups in total. The molecule has 0 aromatic carbocycles. The smallest absolute Gasteiger partial charge is 0.233 e. The fraction of sp³-hybridized carbons (Fsp3) is 0.444. The second kappa shape index (κ2) is 3.77. The summed E-state index contributed by atoms with van der Waals surface area (Å²) in [7, 11) is -3.30. The van der Waals surface area contributed by atoms with Gasteiger partial charge in [0, 0.05) is 0 Å². The maximum absolute atomic E-state index is 12.5. The lowest BCUT2D eigenvalue weighted by Gasteiger charge is -2.06. The van der Waals surface area contributed by atoms with Gasteiger partial charge in [0.2, 0.25) is 16.0 Å². The molecule has 0 unspecified atom stereocenters. The first-order valence-electron chi connectivity index (χ1n) is 4.67. The van der Waals surface area contributed by atoms with Gasteiger partial charge < -0.3 is 0 Å². The monoisotopic (exact) mass is 230 g/mol. The molecule has 0 amide bonds. The molecule has 4 nitrogen and oxygen atoms in total. The Kier molecular flexibility index (Phi) is 2.60. The zero-order valence-electron chi connectivity index (χ0n) is 7.98. The molecule has 1 aromatic heterocycles. The number of aromatic nitrogens is 1. The Bertz CT molecular complexity index is 440. The molecule has 0 radical (unpaired) electrons. The minimum atomic E-state index is -3.30. The van der Waals surface area contributed by atoms with Gasteiger partial charge in [0.1, 0.15) is 0 Å². The SMILES string of the molecule is O=S(=O)(CC1CC1)Nc1ccc(F)nc1. The van der Waals surface area contributed by atoms with Crippen LogP contribution in [0, 0.1) is 11.9 Å². The quantitative estimate of drug-likeness (QED) is 0.795. The normalized spacial score (nSPS) is 16.3. The lowest BCUT2D eigenvalue weighted by molar-refractivity contribution is 0.583. The Hall–Kier alpha value is -1.17. The minimum absolute atomic E-state index is 0.143. The molecule has 1 saturated carbocycles. The number of hydrogen-bond acceptors (Lipinski definition) is 3. The van der Waals surface area contributed by atoms with Crippen molar-refractivity contribution in [2.75, 3.05) is 10.5 Å². The molecule has 15 heavy (non-hydrogen) atoms. The number of nitrogens with one attached hydrogen (secondary N) is 1. The fourth-order valence-electron chi connectivity index (χ4n) is 1.25. The van der Waals surface area contributed by atoms with Crippen LogP contribution in [0.3, 0.4) is 0 Å². The highest BCUT2D eigenvalue weighted by atomic mass is 32.2. The van der Waals surface area contributed by atoms with Gasteiger partial charge in [-0.3, -0.25) is 4.72 Å². The summed E-state index contributed by atoms with van der Waals surface area (Å²) in [5, 5.41) is 0. The molecule has 1 aromatic rings. The zero-order valence-corrected chi connectivity index (χ0v) is 8.80. The van der Waals surface area contributed by atoms with Crippen molar-refractivity contribution in [3.05, 3.63) is 24.3 Å². The molecule has 0 bridgehead atoms. The van der Waals surface area contributed by atoms with Crippen molar-refractivity contribution in [1.82, 2.24) is 4.98 Å². The van der Waals surface area contributed by atoms with Crippen LogP contribution >= 0.6 is 0 Å². The van der Waals surface area contributed by atoms with Gasteiger partial charge in [-0.15, -0.1) is 0 Å². The van der Waals surface area contributed by atoms with Crippen LogP contribution in [0.15, 0.2) is 18.3 Å². The van der Waals surface area contributed by atoms with Gasteiger partial charge in [0.25, 0.3) is 0 Å². The summed E-state index contributed by atoms with van der Waals surface area (Å²) in [6, 6.07) is 2.47. The molecule has 2 rings (SSSR count). The Morgan fingerprint density at radius 1 is 1.47 bits per heavy atom. The molecule has 82 valence electrons. The molecule has 0 atom stereocenters. The van der Waals surface area contributed by atoms with Gasteiger partial charge in [-0.2, -0.15) is 4.39 Å². The van der Waals surface area contributed by atoms with Crippen LogP contribution in [-0.2, 0) is 10.0 Å². The average Bonchev–Trinajstić information content (AvgIpc) is 2.91. The van der Waals surface area contributed by atoms with Crippen molar-refractivity contribution in [2.24, 2.45) is 5.92 Å². The van der Waals surface area contributed by atoms with E-state index in [1.54, 1.807) is 0 Å². The van der Waals surface area contributed by atoms with Gasteiger partial charge in [0.15, 0.2) is 0 Å². The van der Waals surface area contributed by atoms with Gasteiger partial charge >= 0.3 is 0 Å². The molecular formula is C9H11FN2O2S. The maximum atomic E-state index is 12.5. The second-order valence-electron chi connectivity index (χ2n) is 3.70. The third kappa shape index (κ3) is 3.16. The zero-order chi connectivity index (χ0) is 10.9. The van der Waals surface area contributed by atoms with Crippen LogP contribution in [0.25, 0.3) is 0 Å². The minimum Gasteiger partial charge on any atom is -0.282 e. The number of halogens is 1. The Morgan fingerprint density at radius 3 is 2.73 bits per heavy atom. The molecule has 1 fully saturated rings. The number of rotatable bonds is 4. The van der Waals surface area contributed by atoms with Crippen molar-refractivity contribution in [3.8, 4) is 0 Å². The van der Waals surface area contributed by atoms with E-state index < -0.39 is 16.0 Å². The maximum Gasteiger partial charge on any atom is 0.233 e. The third-order valence-electron chi connectivity index (χ3n) is 2.15. The van der Waals surface area contributed by atoms with E-state index in [-0.39, 0.29) is 11.7 Å². The van der Waals surface area contributed by atoms with Crippen LogP contribution in [-0.4, -0.2) is 19.2 Å². The Labute approximate surface area is 87.6 Å². The second-order valence-corrected chi connectivity index (χ2v) is 5.46. The summed E-state index contributed by atoms with van der Waals surface area (Å²) in [5.74, 6) is -0.194. The highest BCUT2D eigenvalue weighted by Gasteiger charge is 2.27. The van der Waals surface area contributed by atoms with E-state index in [0.29, 0.717) is 5.69 Å². The topological polar surface area (TPSA) is 59.1 Å². The van der Waals surface area contributed by atoms with Crippen LogP contribution in [0.1, 0.15) is 12.8 Å². The molecule has 0 aliphatic heterocycles. The highest BCUT2D eigenvalue weighted by molar-refractivity contribution is 7.92. The number of pyridine rings is 1. The number of anilines is 1. The molecule has 1 heterocycles. The van der Waals surface area contributed by atoms with Crippen LogP contribution in [0.5, 0.6) is 0 Å². The lowest BCUT2D eigenvalue weighted by atomic mass is 10.4. The van der Waals surface area contributed by atoms with Gasteiger partial charge in [-0.05, 0) is 30.9 Å². The predicted molar refractivity (Wildman–Crippen MR) is 54.3 cm³/mol. The van der Waals surface area contributed by atoms with E-state index in [0.717, 1.165) is 18.9 Å². The largest absolute Gasteiger partial charge is 0.282 e. The summed E-state index contributed by atoms with van der Waals surface area (Å²) >= 11 is 0. The molecule has 6 heteroatoms. The van der Waals surface area contributed by atoms with E-state index in [4.69, 9.17) is 0 Å². The molecule has 0 saturated heterocycles.